The fourth-order valence-electron chi connectivity index (χ4n) is 2.58. The Morgan fingerprint density at radius 2 is 2.21 bits per heavy atom. The standard InChI is InChI=1S/C17H20BrN3O3/c1-17(2,3)24-16(22)21-8-6-12(10-21)23-15-14-11(5-4-7-19-14)9-13(18)20-15/h4-5,7,9,12H,6,8,10H2,1-3H3. The predicted molar refractivity (Wildman–Crippen MR) is 94.1 cm³/mol. The van der Waals surface area contributed by atoms with Crippen LogP contribution in [-0.2, 0) is 4.74 Å². The zero-order chi connectivity index (χ0) is 17.3. The second-order valence-corrected chi connectivity index (χ2v) is 7.59. The molecule has 1 aliphatic rings. The van der Waals surface area contributed by atoms with Gasteiger partial charge in [0.25, 0.3) is 0 Å². The highest BCUT2D eigenvalue weighted by atomic mass is 79.9. The number of hydrogen-bond donors (Lipinski definition) is 0. The van der Waals surface area contributed by atoms with Crippen LogP contribution in [0.2, 0.25) is 0 Å². The van der Waals surface area contributed by atoms with Crippen molar-refractivity contribution in [2.75, 3.05) is 13.1 Å². The topological polar surface area (TPSA) is 64.5 Å². The molecule has 7 heteroatoms. The molecule has 128 valence electrons. The van der Waals surface area contributed by atoms with Crippen LogP contribution in [0.5, 0.6) is 5.88 Å². The smallest absolute Gasteiger partial charge is 0.410 e. The van der Waals surface area contributed by atoms with Crippen molar-refractivity contribution in [2.45, 2.75) is 38.9 Å². The number of halogens is 1. The Morgan fingerprint density at radius 1 is 1.42 bits per heavy atom. The molecule has 3 rings (SSSR count). The van der Waals surface area contributed by atoms with Crippen LogP contribution < -0.4 is 4.74 Å². The molecule has 0 bridgehead atoms. The number of nitrogens with zero attached hydrogens (tertiary/aromatic N) is 3. The summed E-state index contributed by atoms with van der Waals surface area (Å²) in [5.74, 6) is 0.482. The van der Waals surface area contributed by atoms with E-state index in [-0.39, 0.29) is 12.2 Å². The van der Waals surface area contributed by atoms with E-state index in [4.69, 9.17) is 9.47 Å². The molecule has 1 aliphatic heterocycles. The van der Waals surface area contributed by atoms with Gasteiger partial charge in [-0.25, -0.2) is 9.78 Å². The molecule has 0 N–H and O–H groups in total. The largest absolute Gasteiger partial charge is 0.471 e. The molecular formula is C17H20BrN3O3. The third-order valence-electron chi connectivity index (χ3n) is 3.60. The minimum atomic E-state index is -0.498. The molecule has 1 atom stereocenters. The number of amides is 1. The average Bonchev–Trinajstić information content (AvgIpc) is 2.94. The maximum Gasteiger partial charge on any atom is 0.410 e. The summed E-state index contributed by atoms with van der Waals surface area (Å²) < 4.78 is 12.1. The Morgan fingerprint density at radius 3 is 2.96 bits per heavy atom. The van der Waals surface area contributed by atoms with E-state index in [2.05, 4.69) is 25.9 Å². The summed E-state index contributed by atoms with van der Waals surface area (Å²) in [5, 5.41) is 0.955. The number of aromatic nitrogens is 2. The van der Waals surface area contributed by atoms with Gasteiger partial charge in [0.05, 0.1) is 6.54 Å². The maximum absolute atomic E-state index is 12.1. The number of hydrogen-bond acceptors (Lipinski definition) is 5. The minimum absolute atomic E-state index is 0.121. The van der Waals surface area contributed by atoms with Crippen LogP contribution in [0.25, 0.3) is 10.9 Å². The molecule has 1 saturated heterocycles. The van der Waals surface area contributed by atoms with Crippen LogP contribution in [0.15, 0.2) is 29.0 Å². The molecule has 1 unspecified atom stereocenters. The van der Waals surface area contributed by atoms with Crippen molar-refractivity contribution in [1.82, 2.24) is 14.9 Å². The number of rotatable bonds is 2. The quantitative estimate of drug-likeness (QED) is 0.726. The number of ether oxygens (including phenoxy) is 2. The Balaban J connectivity index is 1.71. The van der Waals surface area contributed by atoms with Crippen molar-refractivity contribution in [3.05, 3.63) is 29.0 Å². The first kappa shape index (κ1) is 17.0. The van der Waals surface area contributed by atoms with E-state index in [0.717, 1.165) is 17.3 Å². The maximum atomic E-state index is 12.1. The Kier molecular flexibility index (Phi) is 4.62. The molecule has 0 aliphatic carbocycles. The number of pyridine rings is 2. The second kappa shape index (κ2) is 6.55. The molecule has 2 aromatic heterocycles. The van der Waals surface area contributed by atoms with Crippen LogP contribution in [0.4, 0.5) is 4.79 Å². The number of likely N-dealkylation sites (tertiary alicyclic amines) is 1. The zero-order valence-electron chi connectivity index (χ0n) is 14.0. The summed E-state index contributed by atoms with van der Waals surface area (Å²) >= 11 is 3.40. The number of carbonyl (C=O) groups excluding carboxylic acids is 1. The molecule has 3 heterocycles. The van der Waals surface area contributed by atoms with E-state index < -0.39 is 5.60 Å². The van der Waals surface area contributed by atoms with E-state index >= 15 is 0 Å². The van der Waals surface area contributed by atoms with Crippen LogP contribution in [-0.4, -0.2) is 45.8 Å². The van der Waals surface area contributed by atoms with E-state index in [1.807, 2.05) is 39.0 Å². The summed E-state index contributed by atoms with van der Waals surface area (Å²) in [7, 11) is 0. The fraction of sp³-hybridized carbons (Fsp3) is 0.471. The number of fused-ring (bicyclic) bond motifs is 1. The second-order valence-electron chi connectivity index (χ2n) is 6.78. The molecule has 0 spiro atoms. The van der Waals surface area contributed by atoms with E-state index in [0.29, 0.717) is 23.6 Å². The molecule has 0 aromatic carbocycles. The molecule has 0 radical (unpaired) electrons. The third kappa shape index (κ3) is 3.95. The van der Waals surface area contributed by atoms with E-state index in [1.54, 1.807) is 11.1 Å². The lowest BCUT2D eigenvalue weighted by Crippen LogP contribution is -2.36. The summed E-state index contributed by atoms with van der Waals surface area (Å²) in [6.07, 6.45) is 2.03. The third-order valence-corrected chi connectivity index (χ3v) is 4.01. The van der Waals surface area contributed by atoms with Gasteiger partial charge in [0.1, 0.15) is 21.8 Å². The van der Waals surface area contributed by atoms with Gasteiger partial charge in [-0.1, -0.05) is 6.07 Å². The molecular weight excluding hydrogens is 374 g/mol. The van der Waals surface area contributed by atoms with Crippen molar-refractivity contribution >= 4 is 32.9 Å². The fourth-order valence-corrected chi connectivity index (χ4v) is 2.99. The molecule has 0 saturated carbocycles. The van der Waals surface area contributed by atoms with Gasteiger partial charge >= 0.3 is 6.09 Å². The lowest BCUT2D eigenvalue weighted by molar-refractivity contribution is 0.0275. The monoisotopic (exact) mass is 393 g/mol. The molecule has 24 heavy (non-hydrogen) atoms. The van der Waals surface area contributed by atoms with E-state index in [1.165, 1.54) is 0 Å². The number of carbonyl (C=O) groups is 1. The Labute approximate surface area is 149 Å². The van der Waals surface area contributed by atoms with Crippen molar-refractivity contribution in [2.24, 2.45) is 0 Å². The Bertz CT molecular complexity index is 760. The lowest BCUT2D eigenvalue weighted by atomic mass is 10.2. The molecule has 1 amide bonds. The van der Waals surface area contributed by atoms with Gasteiger partial charge in [0.2, 0.25) is 5.88 Å². The van der Waals surface area contributed by atoms with Gasteiger partial charge < -0.3 is 14.4 Å². The van der Waals surface area contributed by atoms with Crippen molar-refractivity contribution in [1.29, 1.82) is 0 Å². The van der Waals surface area contributed by atoms with Crippen LogP contribution in [0.1, 0.15) is 27.2 Å². The Hall–Kier alpha value is -1.89. The first-order chi connectivity index (χ1) is 11.3. The molecule has 6 nitrogen and oxygen atoms in total. The summed E-state index contributed by atoms with van der Waals surface area (Å²) in [4.78, 5) is 22.6. The van der Waals surface area contributed by atoms with Crippen LogP contribution in [0, 0.1) is 0 Å². The highest BCUT2D eigenvalue weighted by Crippen LogP contribution is 2.27. The van der Waals surface area contributed by atoms with Gasteiger partial charge in [-0.2, -0.15) is 0 Å². The SMILES string of the molecule is CC(C)(C)OC(=O)N1CCC(Oc2nc(Br)cc3cccnc23)C1. The summed E-state index contributed by atoms with van der Waals surface area (Å²) in [6.45, 7) is 6.67. The van der Waals surface area contributed by atoms with Gasteiger partial charge in [-0.05, 0) is 48.8 Å². The van der Waals surface area contributed by atoms with Crippen molar-refractivity contribution in [3.63, 3.8) is 0 Å². The van der Waals surface area contributed by atoms with Crippen molar-refractivity contribution < 1.29 is 14.3 Å². The van der Waals surface area contributed by atoms with Crippen LogP contribution >= 0.6 is 15.9 Å². The van der Waals surface area contributed by atoms with Gasteiger partial charge in [-0.3, -0.25) is 4.98 Å². The van der Waals surface area contributed by atoms with Crippen LogP contribution in [0.3, 0.4) is 0 Å². The van der Waals surface area contributed by atoms with Gasteiger partial charge in [0, 0.05) is 24.5 Å². The first-order valence-electron chi connectivity index (χ1n) is 7.88. The van der Waals surface area contributed by atoms with Crippen molar-refractivity contribution in [3.8, 4) is 5.88 Å². The van der Waals surface area contributed by atoms with Gasteiger partial charge in [0.15, 0.2) is 0 Å². The average molecular weight is 394 g/mol. The summed E-state index contributed by atoms with van der Waals surface area (Å²) in [5.41, 5.74) is 0.221. The normalized spacial score (nSPS) is 18.0. The van der Waals surface area contributed by atoms with Gasteiger partial charge in [-0.15, -0.1) is 0 Å². The predicted octanol–water partition coefficient (Wildman–Crippen LogP) is 3.78. The highest BCUT2D eigenvalue weighted by Gasteiger charge is 2.31. The lowest BCUT2D eigenvalue weighted by Gasteiger charge is -2.24. The first-order valence-corrected chi connectivity index (χ1v) is 8.67. The summed E-state index contributed by atoms with van der Waals surface area (Å²) in [6, 6.07) is 5.73. The molecule has 1 fully saturated rings. The molecule has 2 aromatic rings. The highest BCUT2D eigenvalue weighted by molar-refractivity contribution is 9.10. The van der Waals surface area contributed by atoms with E-state index in [9.17, 15) is 4.79 Å². The minimum Gasteiger partial charge on any atom is -0.471 e. The zero-order valence-corrected chi connectivity index (χ0v) is 15.5.